The number of rotatable bonds is 15. The summed E-state index contributed by atoms with van der Waals surface area (Å²) in [5.74, 6) is -0.911. The van der Waals surface area contributed by atoms with Crippen LogP contribution in [0.25, 0.3) is 11.2 Å². The van der Waals surface area contributed by atoms with Gasteiger partial charge in [0.15, 0.2) is 17.7 Å². The average Bonchev–Trinajstić information content (AvgIpc) is 3.37. The number of imidazole rings is 1. The van der Waals surface area contributed by atoms with Crippen LogP contribution in [-0.2, 0) is 32.1 Å². The molecular weight excluding hydrogens is 639 g/mol. The van der Waals surface area contributed by atoms with E-state index in [9.17, 15) is 38.5 Å². The molecule has 0 bridgehead atoms. The monoisotopic (exact) mass is 667 g/mol. The van der Waals surface area contributed by atoms with E-state index in [1.165, 1.54) is 10.9 Å². The number of carbonyl (C=O) groups is 1. The Morgan fingerprint density at radius 2 is 1.78 bits per heavy atom. The van der Waals surface area contributed by atoms with Gasteiger partial charge in [-0.2, -0.15) is 16.1 Å². The molecule has 3 heterocycles. The first-order valence-corrected chi connectivity index (χ1v) is 17.2. The smallest absolute Gasteiger partial charge is 0.480 e. The third-order valence-corrected chi connectivity index (χ3v) is 10.8. The van der Waals surface area contributed by atoms with Gasteiger partial charge in [-0.3, -0.25) is 13.9 Å². The molecule has 3 rings (SSSR count). The number of carboxylic acids is 1. The lowest BCUT2D eigenvalue weighted by Crippen LogP contribution is -2.40. The number of thioether (sulfide) groups is 1. The van der Waals surface area contributed by atoms with E-state index >= 15 is 0 Å². The van der Waals surface area contributed by atoms with Crippen LogP contribution < -0.4 is 16.3 Å². The Labute approximate surface area is 234 Å². The number of fused-ring (bicyclic) bond motifs is 1. The number of nitrogen functional groups attached to an aromatic ring is 1. The van der Waals surface area contributed by atoms with E-state index in [-0.39, 0.29) is 41.3 Å². The van der Waals surface area contributed by atoms with Gasteiger partial charge in [0.05, 0.1) is 12.4 Å². The maximum atomic E-state index is 12.6. The number of aromatic nitrogens is 4. The van der Waals surface area contributed by atoms with Crippen molar-refractivity contribution in [1.82, 2.24) is 24.4 Å². The largest absolute Gasteiger partial charge is 0.480 e. The van der Waals surface area contributed by atoms with Crippen LogP contribution in [0.3, 0.4) is 0 Å². The Balaban J connectivity index is 1.81. The van der Waals surface area contributed by atoms with Gasteiger partial charge in [-0.05, 0) is 24.3 Å². The van der Waals surface area contributed by atoms with Gasteiger partial charge in [-0.1, -0.05) is 0 Å². The molecule has 0 spiro atoms. The van der Waals surface area contributed by atoms with E-state index < -0.39 is 66.0 Å². The third-order valence-electron chi connectivity index (χ3n) is 5.48. The average molecular weight is 667 g/mol. The zero-order valence-corrected chi connectivity index (χ0v) is 24.1. The summed E-state index contributed by atoms with van der Waals surface area (Å²) in [5.41, 5.74) is 11.5. The predicted molar refractivity (Wildman–Crippen MR) is 139 cm³/mol. The molecular formula is C16H28N7O14P3S. The maximum absolute atomic E-state index is 12.6. The van der Waals surface area contributed by atoms with E-state index in [1.54, 1.807) is 0 Å². The van der Waals surface area contributed by atoms with E-state index in [0.717, 1.165) is 22.9 Å². The normalized spacial score (nSPS) is 25.9. The van der Waals surface area contributed by atoms with Crippen molar-refractivity contribution in [3.8, 4) is 0 Å². The van der Waals surface area contributed by atoms with Crippen molar-refractivity contribution < 1.29 is 67.0 Å². The maximum Gasteiger partial charge on any atom is 0.480 e. The summed E-state index contributed by atoms with van der Waals surface area (Å²) in [6, 6.07) is -1.14. The minimum Gasteiger partial charge on any atom is -0.480 e. The Kier molecular flexibility index (Phi) is 11.1. The van der Waals surface area contributed by atoms with Crippen LogP contribution in [0.1, 0.15) is 19.1 Å². The Hall–Kier alpha value is -1.58. The number of carboxylic acid groups (broad SMARTS) is 1. The summed E-state index contributed by atoms with van der Waals surface area (Å²) in [6.07, 6.45) is -5.99. The highest BCUT2D eigenvalue weighted by Gasteiger charge is 2.50. The van der Waals surface area contributed by atoms with Crippen molar-refractivity contribution in [3.05, 3.63) is 12.7 Å². The van der Waals surface area contributed by atoms with Gasteiger partial charge in [0, 0.05) is 0 Å². The molecule has 3 unspecified atom stereocenters. The molecule has 1 aliphatic heterocycles. The number of hydrogen-bond acceptors (Lipinski definition) is 15. The fraction of sp³-hybridized carbons (Fsp3) is 0.625. The lowest BCUT2D eigenvalue weighted by Gasteiger charge is -2.28. The number of aliphatic carboxylic acids is 1. The number of aliphatic hydroxyl groups is 2. The number of nitrogens with one attached hydrogen (secondary N) is 1. The van der Waals surface area contributed by atoms with E-state index in [1.807, 2.05) is 0 Å². The number of ether oxygens (including phenoxy) is 1. The topological polar surface area (TPSA) is 345 Å². The van der Waals surface area contributed by atoms with Gasteiger partial charge in [0.1, 0.15) is 36.2 Å². The van der Waals surface area contributed by atoms with Crippen LogP contribution >= 0.6 is 35.1 Å². The van der Waals surface area contributed by atoms with Crippen molar-refractivity contribution in [2.75, 3.05) is 17.2 Å². The lowest BCUT2D eigenvalue weighted by atomic mass is 10.0. The van der Waals surface area contributed by atoms with Crippen LogP contribution in [0.4, 0.5) is 5.82 Å². The first-order chi connectivity index (χ1) is 18.9. The number of phosphoric acid groups is 1. The number of hydrogen-bond donors (Lipinski definition) is 10. The standard InChI is InChI=1S/C16H28N7O14P3S/c17-7(16(26)27)1-3-41-4-2-8(36-40(33,34)37-39(31,32)22-38(28,29)30)12-10(24)11(25)15(35-12)23-6-21-9-13(18)19-5-20-14(9)23/h5-8,10-12,15,24-25H,1-4,17H2,(H,26,27)(H,33,34)(H2,18,19,20)(H4,22,28,29,30,31,32)/t7?,8-,10+,11-,12-,15-/m1/s1. The van der Waals surface area contributed by atoms with Crippen molar-refractivity contribution in [2.24, 2.45) is 5.73 Å². The van der Waals surface area contributed by atoms with E-state index in [4.69, 9.17) is 35.6 Å². The molecule has 0 radical (unpaired) electrons. The van der Waals surface area contributed by atoms with Crippen molar-refractivity contribution in [2.45, 2.75) is 49.5 Å². The summed E-state index contributed by atoms with van der Waals surface area (Å²) in [6.45, 7) is 0. The van der Waals surface area contributed by atoms with Gasteiger partial charge in [-0.25, -0.2) is 28.6 Å². The molecule has 0 saturated carbocycles. The molecule has 12 N–H and O–H groups in total. The minimum atomic E-state index is -5.62. The summed E-state index contributed by atoms with van der Waals surface area (Å²) in [7, 11) is -16.6. The van der Waals surface area contributed by atoms with Crippen LogP contribution in [-0.4, -0.2) is 102 Å². The van der Waals surface area contributed by atoms with Crippen LogP contribution in [0.2, 0.25) is 0 Å². The summed E-state index contributed by atoms with van der Waals surface area (Å²) in [5, 5.41) is 30.4. The Bertz CT molecular complexity index is 1380. The number of nitrogens with two attached hydrogens (primary N) is 2. The van der Waals surface area contributed by atoms with Gasteiger partial charge < -0.3 is 51.1 Å². The molecule has 2 aromatic rings. The highest BCUT2D eigenvalue weighted by atomic mass is 32.2. The summed E-state index contributed by atoms with van der Waals surface area (Å²) >= 11 is 1.14. The van der Waals surface area contributed by atoms with Crippen LogP contribution in [0, 0.1) is 0 Å². The number of aliphatic hydroxyl groups excluding tert-OH is 2. The summed E-state index contributed by atoms with van der Waals surface area (Å²) in [4.78, 5) is 61.0. The van der Waals surface area contributed by atoms with Crippen LogP contribution in [0.5, 0.6) is 0 Å². The predicted octanol–water partition coefficient (Wildman–Crippen LogP) is -1.76. The second-order valence-corrected chi connectivity index (χ2v) is 14.5. The third kappa shape index (κ3) is 9.20. The van der Waals surface area contributed by atoms with Gasteiger partial charge in [0.25, 0.3) is 0 Å². The highest BCUT2D eigenvalue weighted by Crippen LogP contribution is 2.62. The minimum absolute atomic E-state index is 0.00917. The molecule has 41 heavy (non-hydrogen) atoms. The molecule has 2 aromatic heterocycles. The molecule has 1 saturated heterocycles. The van der Waals surface area contributed by atoms with Crippen molar-refractivity contribution in [3.63, 3.8) is 0 Å². The zero-order valence-electron chi connectivity index (χ0n) is 20.6. The second-order valence-electron chi connectivity index (χ2n) is 8.55. The first-order valence-electron chi connectivity index (χ1n) is 11.3. The molecule has 1 aliphatic rings. The zero-order chi connectivity index (χ0) is 30.8. The fourth-order valence-electron chi connectivity index (χ4n) is 3.70. The molecule has 25 heteroatoms. The number of phosphoric ester groups is 1. The molecule has 8 atom stereocenters. The van der Waals surface area contributed by atoms with Crippen LogP contribution in [0.15, 0.2) is 12.7 Å². The quantitative estimate of drug-likeness (QED) is 0.0742. The molecule has 1 fully saturated rings. The van der Waals surface area contributed by atoms with Gasteiger partial charge in [-0.15, -0.1) is 4.86 Å². The summed E-state index contributed by atoms with van der Waals surface area (Å²) < 4.78 is 51.6. The number of anilines is 1. The second kappa shape index (κ2) is 13.4. The lowest BCUT2D eigenvalue weighted by molar-refractivity contribution is -0.138. The van der Waals surface area contributed by atoms with E-state index in [2.05, 4.69) is 19.3 Å². The van der Waals surface area contributed by atoms with Crippen molar-refractivity contribution in [1.29, 1.82) is 0 Å². The van der Waals surface area contributed by atoms with E-state index in [0.29, 0.717) is 0 Å². The molecule has 0 aliphatic carbocycles. The Morgan fingerprint density at radius 1 is 1.12 bits per heavy atom. The fourth-order valence-corrected chi connectivity index (χ4v) is 8.36. The molecule has 0 amide bonds. The van der Waals surface area contributed by atoms with Gasteiger partial charge in [0.2, 0.25) is 0 Å². The Morgan fingerprint density at radius 3 is 2.41 bits per heavy atom. The van der Waals surface area contributed by atoms with Gasteiger partial charge >= 0.3 is 29.3 Å². The van der Waals surface area contributed by atoms with Crippen molar-refractivity contribution >= 4 is 58.0 Å². The first kappa shape index (κ1) is 33.9. The molecule has 0 aromatic carbocycles. The SMILES string of the molecule is Nc1ncnc2c1ncn2[C@@H]1O[C@H]([C@@H](CCSCCC(N)C(=O)O)OP(=O)(O)OP(=O)(O)NP(=O)(O)O)[C@@H](O)[C@H]1O. The number of nitrogens with zero attached hydrogens (tertiary/aromatic N) is 4. The molecule has 232 valence electrons. The molecule has 21 nitrogen and oxygen atoms in total. The highest BCUT2D eigenvalue weighted by molar-refractivity contribution is 7.99.